The zero-order chi connectivity index (χ0) is 21.9. The number of hydrogen-bond acceptors (Lipinski definition) is 4. The van der Waals surface area contributed by atoms with E-state index in [4.69, 9.17) is 11.6 Å². The average molecular weight is 439 g/mol. The zero-order valence-electron chi connectivity index (χ0n) is 16.1. The highest BCUT2D eigenvalue weighted by Crippen LogP contribution is 2.26. The van der Waals surface area contributed by atoms with E-state index in [0.717, 1.165) is 10.5 Å². The number of nitrogens with one attached hydrogen (secondary N) is 1. The number of benzene rings is 2. The summed E-state index contributed by atoms with van der Waals surface area (Å²) in [4.78, 5) is 26.2. The predicted octanol–water partition coefficient (Wildman–Crippen LogP) is 3.92. The Labute approximate surface area is 177 Å². The fourth-order valence-electron chi connectivity index (χ4n) is 3.28. The molecule has 0 aliphatic carbocycles. The first-order valence-electron chi connectivity index (χ1n) is 9.29. The van der Waals surface area contributed by atoms with Crippen molar-refractivity contribution >= 4 is 23.5 Å². The summed E-state index contributed by atoms with van der Waals surface area (Å²) in [5.41, 5.74) is 0.217. The van der Waals surface area contributed by atoms with Crippen molar-refractivity contribution in [2.45, 2.75) is 38.0 Å². The topological polar surface area (TPSA) is 78.9 Å². The number of aliphatic hydroxyl groups excluding tert-OH is 1. The molecule has 9 heteroatoms. The SMILES string of the molecule is CC1(CCc2ccc(OC(F)F)cc2)NC(=O)N(CC(O)c2ccc(Cl)cc2)C1=O. The van der Waals surface area contributed by atoms with Crippen molar-refractivity contribution in [3.63, 3.8) is 0 Å². The molecule has 30 heavy (non-hydrogen) atoms. The van der Waals surface area contributed by atoms with Gasteiger partial charge >= 0.3 is 12.6 Å². The molecule has 2 aromatic rings. The summed E-state index contributed by atoms with van der Waals surface area (Å²) in [6.07, 6.45) is -0.299. The monoisotopic (exact) mass is 438 g/mol. The molecule has 0 aromatic heterocycles. The quantitative estimate of drug-likeness (QED) is 0.612. The lowest BCUT2D eigenvalue weighted by molar-refractivity contribution is -0.132. The molecule has 2 unspecified atom stereocenters. The number of amides is 3. The number of hydrogen-bond donors (Lipinski definition) is 2. The van der Waals surface area contributed by atoms with Crippen LogP contribution >= 0.6 is 11.6 Å². The number of urea groups is 1. The van der Waals surface area contributed by atoms with Gasteiger partial charge in [-0.15, -0.1) is 0 Å². The number of nitrogens with zero attached hydrogens (tertiary/aromatic N) is 1. The fourth-order valence-corrected chi connectivity index (χ4v) is 3.40. The van der Waals surface area contributed by atoms with Crippen molar-refractivity contribution in [1.29, 1.82) is 0 Å². The standard InChI is InChI=1S/C21H21ClF2N2O4/c1-21(11-10-13-2-8-16(9-3-13)30-19(23)24)18(28)26(20(29)25-21)12-17(27)14-4-6-15(22)7-5-14/h2-9,17,19,27H,10-12H2,1H3,(H,25,29). The summed E-state index contributed by atoms with van der Waals surface area (Å²) in [5, 5.41) is 13.6. The van der Waals surface area contributed by atoms with Gasteiger partial charge in [0.05, 0.1) is 12.6 Å². The van der Waals surface area contributed by atoms with Crippen molar-refractivity contribution < 1.29 is 28.2 Å². The van der Waals surface area contributed by atoms with Crippen molar-refractivity contribution in [1.82, 2.24) is 10.2 Å². The van der Waals surface area contributed by atoms with E-state index in [2.05, 4.69) is 10.1 Å². The third kappa shape index (κ3) is 5.06. The second-order valence-electron chi connectivity index (χ2n) is 7.27. The van der Waals surface area contributed by atoms with Gasteiger partial charge in [-0.25, -0.2) is 4.79 Å². The number of ether oxygens (including phenoxy) is 1. The van der Waals surface area contributed by atoms with Crippen molar-refractivity contribution in [3.05, 3.63) is 64.7 Å². The van der Waals surface area contributed by atoms with Crippen LogP contribution in [-0.2, 0) is 11.2 Å². The minimum absolute atomic E-state index is 0.0487. The van der Waals surface area contributed by atoms with E-state index < -0.39 is 30.2 Å². The minimum atomic E-state index is -2.89. The van der Waals surface area contributed by atoms with E-state index in [9.17, 15) is 23.5 Å². The average Bonchev–Trinajstić information content (AvgIpc) is 2.91. The van der Waals surface area contributed by atoms with Gasteiger partial charge in [-0.3, -0.25) is 9.69 Å². The van der Waals surface area contributed by atoms with Gasteiger partial charge in [-0.05, 0) is 55.2 Å². The van der Waals surface area contributed by atoms with Crippen LogP contribution < -0.4 is 10.1 Å². The normalized spacial score (nSPS) is 19.9. The van der Waals surface area contributed by atoms with Crippen LogP contribution in [0.1, 0.15) is 30.6 Å². The summed E-state index contributed by atoms with van der Waals surface area (Å²) in [5.74, 6) is -0.384. The van der Waals surface area contributed by atoms with Crippen LogP contribution in [0, 0.1) is 0 Å². The van der Waals surface area contributed by atoms with Crippen molar-refractivity contribution in [2.75, 3.05) is 6.54 Å². The molecule has 3 amide bonds. The van der Waals surface area contributed by atoms with Crippen LogP contribution in [0.15, 0.2) is 48.5 Å². The molecule has 2 N–H and O–H groups in total. The third-order valence-corrected chi connectivity index (χ3v) is 5.27. The van der Waals surface area contributed by atoms with Gasteiger partial charge in [0.25, 0.3) is 5.91 Å². The molecule has 2 aromatic carbocycles. The Kier molecular flexibility index (Phi) is 6.58. The molecular weight excluding hydrogens is 418 g/mol. The highest BCUT2D eigenvalue weighted by atomic mass is 35.5. The van der Waals surface area contributed by atoms with Crippen LogP contribution in [0.3, 0.4) is 0 Å². The summed E-state index contributed by atoms with van der Waals surface area (Å²) in [6, 6.07) is 12.0. The van der Waals surface area contributed by atoms with Gasteiger partial charge in [-0.2, -0.15) is 8.78 Å². The fraction of sp³-hybridized carbons (Fsp3) is 0.333. The van der Waals surface area contributed by atoms with Crippen molar-refractivity contribution in [2.24, 2.45) is 0 Å². The number of aryl methyl sites for hydroxylation is 1. The molecule has 2 atom stereocenters. The van der Waals surface area contributed by atoms with Gasteiger partial charge in [0.1, 0.15) is 11.3 Å². The molecule has 0 bridgehead atoms. The smallest absolute Gasteiger partial charge is 0.387 e. The summed E-state index contributed by atoms with van der Waals surface area (Å²) >= 11 is 5.84. The molecule has 3 rings (SSSR count). The second-order valence-corrected chi connectivity index (χ2v) is 7.70. The van der Waals surface area contributed by atoms with Crippen LogP contribution in [0.5, 0.6) is 5.75 Å². The first kappa shape index (κ1) is 22.0. The summed E-state index contributed by atoms with van der Waals surface area (Å²) < 4.78 is 28.8. The van der Waals surface area contributed by atoms with Gasteiger partial charge in [0.15, 0.2) is 0 Å². The highest BCUT2D eigenvalue weighted by molar-refractivity contribution is 6.30. The van der Waals surface area contributed by atoms with E-state index in [0.29, 0.717) is 23.4 Å². The highest BCUT2D eigenvalue weighted by Gasteiger charge is 2.47. The molecule has 1 fully saturated rings. The zero-order valence-corrected chi connectivity index (χ0v) is 16.9. The minimum Gasteiger partial charge on any atom is -0.435 e. The third-order valence-electron chi connectivity index (χ3n) is 5.02. The Morgan fingerprint density at radius 3 is 2.37 bits per heavy atom. The van der Waals surface area contributed by atoms with Gasteiger partial charge in [0, 0.05) is 5.02 Å². The van der Waals surface area contributed by atoms with Crippen LogP contribution in [0.25, 0.3) is 0 Å². The number of imide groups is 1. The second kappa shape index (κ2) is 8.97. The molecule has 6 nitrogen and oxygen atoms in total. The number of carbonyl (C=O) groups excluding carboxylic acids is 2. The summed E-state index contributed by atoms with van der Waals surface area (Å²) in [6.45, 7) is -1.45. The lowest BCUT2D eigenvalue weighted by Gasteiger charge is -2.23. The Bertz CT molecular complexity index is 908. The molecule has 1 heterocycles. The van der Waals surface area contributed by atoms with Gasteiger partial charge in [-0.1, -0.05) is 35.9 Å². The Morgan fingerprint density at radius 1 is 1.13 bits per heavy atom. The summed E-state index contributed by atoms with van der Waals surface area (Å²) in [7, 11) is 0. The molecule has 160 valence electrons. The number of carbonyl (C=O) groups is 2. The van der Waals surface area contributed by atoms with E-state index in [1.165, 1.54) is 12.1 Å². The molecule has 0 spiro atoms. The van der Waals surface area contributed by atoms with E-state index in [1.54, 1.807) is 43.3 Å². The lowest BCUT2D eigenvalue weighted by Crippen LogP contribution is -2.44. The van der Waals surface area contributed by atoms with Crippen molar-refractivity contribution in [3.8, 4) is 5.75 Å². The Morgan fingerprint density at radius 2 is 1.77 bits per heavy atom. The van der Waals surface area contributed by atoms with Crippen LogP contribution in [0.2, 0.25) is 5.02 Å². The van der Waals surface area contributed by atoms with E-state index in [-0.39, 0.29) is 12.3 Å². The van der Waals surface area contributed by atoms with Crippen LogP contribution in [0.4, 0.5) is 13.6 Å². The molecule has 1 saturated heterocycles. The lowest BCUT2D eigenvalue weighted by atomic mass is 9.93. The van der Waals surface area contributed by atoms with Gasteiger partial charge < -0.3 is 15.2 Å². The predicted molar refractivity (Wildman–Crippen MR) is 106 cm³/mol. The van der Waals surface area contributed by atoms with E-state index in [1.807, 2.05) is 0 Å². The molecule has 0 saturated carbocycles. The molecule has 1 aliphatic rings. The number of halogens is 3. The number of rotatable bonds is 8. The first-order chi connectivity index (χ1) is 14.2. The molecule has 1 aliphatic heterocycles. The first-order valence-corrected chi connectivity index (χ1v) is 9.67. The maximum Gasteiger partial charge on any atom is 0.387 e. The number of aliphatic hydroxyl groups is 1. The number of β-amino-alcohol motifs (C(OH)–C–C–N with tert-alkyl or cyclic N) is 1. The number of alkyl halides is 2. The maximum atomic E-state index is 12.9. The van der Waals surface area contributed by atoms with Gasteiger partial charge in [0.2, 0.25) is 0 Å². The Balaban J connectivity index is 1.61. The van der Waals surface area contributed by atoms with Crippen LogP contribution in [-0.4, -0.2) is 40.6 Å². The maximum absolute atomic E-state index is 12.9. The van der Waals surface area contributed by atoms with E-state index >= 15 is 0 Å². The largest absolute Gasteiger partial charge is 0.435 e. The molecular formula is C21H21ClF2N2O4. The Hall–Kier alpha value is -2.71. The molecule has 0 radical (unpaired) electrons.